The van der Waals surface area contributed by atoms with E-state index in [1.165, 1.54) is 10.1 Å². The molecule has 0 saturated heterocycles. The van der Waals surface area contributed by atoms with Gasteiger partial charge in [-0.1, -0.05) is 57.2 Å². The van der Waals surface area contributed by atoms with Crippen molar-refractivity contribution < 1.29 is 9.21 Å². The monoisotopic (exact) mass is 366 g/mol. The number of aryl methyl sites for hydroxylation is 2. The number of fused-ring (bicyclic) bond motifs is 1. The molecule has 5 heteroatoms. The maximum Gasteiger partial charge on any atom is 0.419 e. The summed E-state index contributed by atoms with van der Waals surface area (Å²) in [4.78, 5) is 24.6. The van der Waals surface area contributed by atoms with E-state index in [9.17, 15) is 9.59 Å². The first-order valence-electron chi connectivity index (χ1n) is 9.46. The Morgan fingerprint density at radius 1 is 1.11 bits per heavy atom. The maximum absolute atomic E-state index is 12.5. The predicted octanol–water partition coefficient (Wildman–Crippen LogP) is 4.06. The van der Waals surface area contributed by atoms with Crippen LogP contribution < -0.4 is 11.1 Å². The van der Waals surface area contributed by atoms with Gasteiger partial charge in [-0.25, -0.2) is 4.79 Å². The molecular weight excluding hydrogens is 340 g/mol. The Bertz CT molecular complexity index is 967. The van der Waals surface area contributed by atoms with Crippen LogP contribution >= 0.6 is 0 Å². The van der Waals surface area contributed by atoms with Crippen LogP contribution in [-0.2, 0) is 17.8 Å². The van der Waals surface area contributed by atoms with Crippen molar-refractivity contribution in [2.24, 2.45) is 5.92 Å². The molecule has 1 amide bonds. The van der Waals surface area contributed by atoms with Crippen molar-refractivity contribution in [1.82, 2.24) is 9.88 Å². The van der Waals surface area contributed by atoms with Gasteiger partial charge in [0, 0.05) is 13.0 Å². The highest BCUT2D eigenvalue weighted by Gasteiger charge is 2.19. The summed E-state index contributed by atoms with van der Waals surface area (Å²) in [5.41, 5.74) is 3.63. The lowest BCUT2D eigenvalue weighted by molar-refractivity contribution is -0.122. The van der Waals surface area contributed by atoms with Gasteiger partial charge in [-0.05, 0) is 35.6 Å². The third kappa shape index (κ3) is 4.30. The van der Waals surface area contributed by atoms with Gasteiger partial charge in [-0.15, -0.1) is 0 Å². The zero-order valence-corrected chi connectivity index (χ0v) is 16.1. The van der Waals surface area contributed by atoms with Crippen LogP contribution in [0.5, 0.6) is 0 Å². The second-order valence-corrected chi connectivity index (χ2v) is 7.12. The SMILES string of the molecule is CCc1ccc(C(NC(=O)CCn2c(=O)oc3ccccc32)C(C)C)cc1. The fourth-order valence-electron chi connectivity index (χ4n) is 3.28. The van der Waals surface area contributed by atoms with E-state index in [0.29, 0.717) is 17.6 Å². The summed E-state index contributed by atoms with van der Waals surface area (Å²) in [5, 5.41) is 3.12. The Morgan fingerprint density at radius 3 is 2.48 bits per heavy atom. The molecular formula is C22H26N2O3. The number of aromatic nitrogens is 1. The Kier molecular flexibility index (Phi) is 5.79. The number of benzene rings is 2. The lowest BCUT2D eigenvalue weighted by Crippen LogP contribution is -2.32. The quantitative estimate of drug-likeness (QED) is 0.686. The summed E-state index contributed by atoms with van der Waals surface area (Å²) in [6.45, 7) is 6.60. The van der Waals surface area contributed by atoms with E-state index in [4.69, 9.17) is 4.42 Å². The van der Waals surface area contributed by atoms with E-state index in [1.54, 1.807) is 6.07 Å². The number of amides is 1. The van der Waals surface area contributed by atoms with Crippen molar-refractivity contribution in [3.63, 3.8) is 0 Å². The Labute approximate surface area is 159 Å². The molecule has 1 heterocycles. The van der Waals surface area contributed by atoms with Crippen LogP contribution in [0.25, 0.3) is 11.1 Å². The lowest BCUT2D eigenvalue weighted by atomic mass is 9.94. The van der Waals surface area contributed by atoms with Gasteiger partial charge in [-0.3, -0.25) is 9.36 Å². The van der Waals surface area contributed by atoms with E-state index in [1.807, 2.05) is 18.2 Å². The van der Waals surface area contributed by atoms with E-state index in [2.05, 4.69) is 50.4 Å². The molecule has 0 saturated carbocycles. The number of carbonyl (C=O) groups excluding carboxylic acids is 1. The molecule has 0 aliphatic heterocycles. The minimum absolute atomic E-state index is 0.0544. The van der Waals surface area contributed by atoms with Gasteiger partial charge in [0.1, 0.15) is 0 Å². The molecule has 142 valence electrons. The molecule has 0 radical (unpaired) electrons. The van der Waals surface area contributed by atoms with Crippen molar-refractivity contribution in [3.05, 3.63) is 70.2 Å². The van der Waals surface area contributed by atoms with Crippen molar-refractivity contribution in [3.8, 4) is 0 Å². The first kappa shape index (κ1) is 19.0. The van der Waals surface area contributed by atoms with Gasteiger partial charge < -0.3 is 9.73 Å². The summed E-state index contributed by atoms with van der Waals surface area (Å²) in [6, 6.07) is 15.6. The van der Waals surface area contributed by atoms with Crippen LogP contribution in [0.3, 0.4) is 0 Å². The molecule has 3 aromatic rings. The highest BCUT2D eigenvalue weighted by Crippen LogP contribution is 2.22. The minimum atomic E-state index is -0.431. The van der Waals surface area contributed by atoms with E-state index in [0.717, 1.165) is 12.0 Å². The van der Waals surface area contributed by atoms with Crippen LogP contribution in [0.1, 0.15) is 44.4 Å². The van der Waals surface area contributed by atoms with E-state index >= 15 is 0 Å². The van der Waals surface area contributed by atoms with Crippen molar-refractivity contribution in [2.45, 2.75) is 46.2 Å². The second-order valence-electron chi connectivity index (χ2n) is 7.12. The largest absolute Gasteiger partial charge is 0.419 e. The summed E-state index contributed by atoms with van der Waals surface area (Å²) in [7, 11) is 0. The summed E-state index contributed by atoms with van der Waals surface area (Å²) in [5.74, 6) is -0.246. The normalized spacial score (nSPS) is 12.4. The number of oxazole rings is 1. The molecule has 1 unspecified atom stereocenters. The number of hydrogen-bond acceptors (Lipinski definition) is 3. The molecule has 1 N–H and O–H groups in total. The maximum atomic E-state index is 12.5. The van der Waals surface area contributed by atoms with E-state index in [-0.39, 0.29) is 24.3 Å². The Morgan fingerprint density at radius 2 is 1.81 bits per heavy atom. The van der Waals surface area contributed by atoms with Crippen molar-refractivity contribution in [1.29, 1.82) is 0 Å². The molecule has 0 spiro atoms. The summed E-state index contributed by atoms with van der Waals surface area (Å²) < 4.78 is 6.73. The minimum Gasteiger partial charge on any atom is -0.408 e. The van der Waals surface area contributed by atoms with Crippen LogP contribution in [0, 0.1) is 5.92 Å². The molecule has 27 heavy (non-hydrogen) atoms. The first-order valence-corrected chi connectivity index (χ1v) is 9.46. The van der Waals surface area contributed by atoms with Crippen LogP contribution in [-0.4, -0.2) is 10.5 Å². The molecule has 0 bridgehead atoms. The van der Waals surface area contributed by atoms with Gasteiger partial charge in [0.25, 0.3) is 0 Å². The highest BCUT2D eigenvalue weighted by molar-refractivity contribution is 5.77. The topological polar surface area (TPSA) is 64.2 Å². The first-order chi connectivity index (χ1) is 13.0. The third-order valence-corrected chi connectivity index (χ3v) is 4.87. The lowest BCUT2D eigenvalue weighted by Gasteiger charge is -2.23. The summed E-state index contributed by atoms with van der Waals surface area (Å²) in [6.07, 6.45) is 1.21. The van der Waals surface area contributed by atoms with E-state index < -0.39 is 5.76 Å². The fraction of sp³-hybridized carbons (Fsp3) is 0.364. The van der Waals surface area contributed by atoms with Gasteiger partial charge in [0.2, 0.25) is 5.91 Å². The standard InChI is InChI=1S/C22H26N2O3/c1-4-16-9-11-17(12-10-16)21(15(2)3)23-20(25)13-14-24-18-7-5-6-8-19(18)27-22(24)26/h5-12,15,21H,4,13-14H2,1-3H3,(H,23,25). The fourth-order valence-corrected chi connectivity index (χ4v) is 3.28. The molecule has 0 aliphatic rings. The van der Waals surface area contributed by atoms with Gasteiger partial charge in [0.15, 0.2) is 5.58 Å². The molecule has 0 fully saturated rings. The third-order valence-electron chi connectivity index (χ3n) is 4.87. The molecule has 1 aromatic heterocycles. The number of rotatable bonds is 7. The molecule has 2 aromatic carbocycles. The Balaban J connectivity index is 1.69. The number of carbonyl (C=O) groups is 1. The average Bonchev–Trinajstić information content (AvgIpc) is 2.99. The van der Waals surface area contributed by atoms with Crippen molar-refractivity contribution >= 4 is 17.0 Å². The molecule has 5 nitrogen and oxygen atoms in total. The molecule has 3 rings (SSSR count). The van der Waals surface area contributed by atoms with Gasteiger partial charge >= 0.3 is 5.76 Å². The highest BCUT2D eigenvalue weighted by atomic mass is 16.4. The average molecular weight is 366 g/mol. The van der Waals surface area contributed by atoms with Crippen molar-refractivity contribution in [2.75, 3.05) is 0 Å². The molecule has 0 aliphatic carbocycles. The second kappa shape index (κ2) is 8.25. The molecule has 1 atom stereocenters. The smallest absolute Gasteiger partial charge is 0.408 e. The van der Waals surface area contributed by atoms with Crippen LogP contribution in [0.15, 0.2) is 57.7 Å². The zero-order chi connectivity index (χ0) is 19.4. The number of nitrogens with zero attached hydrogens (tertiary/aromatic N) is 1. The number of nitrogens with one attached hydrogen (secondary N) is 1. The van der Waals surface area contributed by atoms with Crippen LogP contribution in [0.2, 0.25) is 0 Å². The summed E-state index contributed by atoms with van der Waals surface area (Å²) >= 11 is 0. The zero-order valence-electron chi connectivity index (χ0n) is 16.1. The number of para-hydroxylation sites is 2. The van der Waals surface area contributed by atoms with Gasteiger partial charge in [-0.2, -0.15) is 0 Å². The number of hydrogen-bond donors (Lipinski definition) is 1. The predicted molar refractivity (Wildman–Crippen MR) is 107 cm³/mol. The van der Waals surface area contributed by atoms with Crippen LogP contribution in [0.4, 0.5) is 0 Å². The Hall–Kier alpha value is -2.82. The van der Waals surface area contributed by atoms with Gasteiger partial charge in [0.05, 0.1) is 11.6 Å².